The van der Waals surface area contributed by atoms with E-state index in [-0.39, 0.29) is 5.48 Å². The molecular weight excluding hydrogens is 1040 g/mol. The second-order valence-corrected chi connectivity index (χ2v) is 30.5. The van der Waals surface area contributed by atoms with Gasteiger partial charge in [-0.1, -0.05) is 0 Å². The van der Waals surface area contributed by atoms with Crippen molar-refractivity contribution < 1.29 is 48.1 Å². The van der Waals surface area contributed by atoms with Crippen LogP contribution in [0.2, 0.25) is 0 Å². The quantitative estimate of drug-likeness (QED) is 0.296. The molecule has 0 aromatic carbocycles. The second kappa shape index (κ2) is 39.7. The Hall–Kier alpha value is 4.70. The number of nitrogens with zero attached hydrogens (tertiary/aromatic N) is 3. The standard InChI is InChI=1S/3C7H11NO.6ClH.2K.H2O.2Pt/c3*8-4-1-7-2-5-9-6-3-7;;;;;;;;;;;/h3*7H,1-3,5-6H2;6*1H;;;1H2;;/q;;;;;;;;;;;;+2;+4/p-6. The van der Waals surface area contributed by atoms with Crippen LogP contribution in [-0.4, -0.2) is 108 Å². The van der Waals surface area contributed by atoms with Crippen LogP contribution in [0.3, 0.4) is 0 Å². The molecule has 0 spiro atoms. The summed E-state index contributed by atoms with van der Waals surface area (Å²) in [5.41, 5.74) is 0. The summed E-state index contributed by atoms with van der Waals surface area (Å²) in [4.78, 5) is 0. The molecule has 7 nitrogen and oxygen atoms in total. The minimum absolute atomic E-state index is 0. The molecule has 3 rings (SSSR count). The Morgan fingerprint density at radius 2 is 0.763 bits per heavy atom. The molecule has 0 amide bonds. The van der Waals surface area contributed by atoms with E-state index in [0.29, 0.717) is 37.0 Å². The predicted octanol–water partition coefficient (Wildman–Crippen LogP) is 6.53. The van der Waals surface area contributed by atoms with Crippen molar-refractivity contribution in [3.8, 4) is 18.2 Å². The van der Waals surface area contributed by atoms with E-state index >= 15 is 0 Å². The number of nitriles is 3. The summed E-state index contributed by atoms with van der Waals surface area (Å²) in [5.74, 6) is 1.84. The Kier molecular flexibility index (Phi) is 51.8. The zero-order valence-electron chi connectivity index (χ0n) is 21.8. The van der Waals surface area contributed by atoms with Gasteiger partial charge in [-0.2, -0.15) is 15.8 Å². The van der Waals surface area contributed by atoms with Gasteiger partial charge >= 0.3 is 148 Å². The monoisotopic (exact) mass is 1070 g/mol. The molecule has 3 aliphatic rings. The average Bonchev–Trinajstić information content (AvgIpc) is 2.88. The SMILES string of the molecule is N#CCC1CCOCC1.N#CCC1CCOCC1.N#CCC1CCOCC1.O.[Cl][Pt]([Cl])([Cl])[Cl].[Cl][Pt][Cl].[K][K]. The van der Waals surface area contributed by atoms with Crippen molar-refractivity contribution in [2.24, 2.45) is 17.8 Å². The van der Waals surface area contributed by atoms with Gasteiger partial charge in [0.25, 0.3) is 0 Å². The van der Waals surface area contributed by atoms with Crippen LogP contribution in [-0.2, 0) is 42.6 Å². The number of hydrogen-bond acceptors (Lipinski definition) is 6. The van der Waals surface area contributed by atoms with E-state index in [1.54, 1.807) is 0 Å². The van der Waals surface area contributed by atoms with Crippen LogP contribution in [0.25, 0.3) is 0 Å². The van der Waals surface area contributed by atoms with Gasteiger partial charge in [0.15, 0.2) is 0 Å². The molecule has 0 saturated carbocycles. The van der Waals surface area contributed by atoms with E-state index < -0.39 is 28.4 Å². The Morgan fingerprint density at radius 1 is 0.605 bits per heavy atom. The average molecular weight is 1070 g/mol. The predicted molar refractivity (Wildman–Crippen MR) is 152 cm³/mol. The van der Waals surface area contributed by atoms with Gasteiger partial charge < -0.3 is 19.7 Å². The van der Waals surface area contributed by atoms with Crippen molar-refractivity contribution in [3.05, 3.63) is 0 Å². The molecule has 0 aliphatic carbocycles. The van der Waals surface area contributed by atoms with Crippen molar-refractivity contribution in [2.75, 3.05) is 39.6 Å². The van der Waals surface area contributed by atoms with Gasteiger partial charge in [-0.05, 0) is 56.3 Å². The maximum absolute atomic E-state index is 8.33. The van der Waals surface area contributed by atoms with Gasteiger partial charge in [0, 0.05) is 58.9 Å². The molecule has 2 N–H and O–H groups in total. The van der Waals surface area contributed by atoms with Crippen molar-refractivity contribution in [1.29, 1.82) is 15.8 Å². The fourth-order valence-electron chi connectivity index (χ4n) is 3.24. The summed E-state index contributed by atoms with van der Waals surface area (Å²) in [6, 6.07) is 6.55. The minimum atomic E-state index is -3.06. The summed E-state index contributed by atoms with van der Waals surface area (Å²) in [5, 5.41) is 25.0. The molecule has 3 fully saturated rings. The van der Waals surface area contributed by atoms with Crippen LogP contribution in [0.5, 0.6) is 0 Å². The summed E-state index contributed by atoms with van der Waals surface area (Å²) in [6.07, 6.45) is 8.60. The van der Waals surface area contributed by atoms with Gasteiger partial charge in [-0.3, -0.25) is 0 Å². The van der Waals surface area contributed by atoms with E-state index in [0.717, 1.165) is 78.2 Å². The van der Waals surface area contributed by atoms with Crippen LogP contribution in [0, 0.1) is 51.7 Å². The zero-order valence-corrected chi connectivity index (χ0v) is 37.1. The summed E-state index contributed by atoms with van der Waals surface area (Å²) < 4.78 is 15.4. The third-order valence-corrected chi connectivity index (χ3v) is 5.16. The topological polar surface area (TPSA) is 131 Å². The molecule has 0 unspecified atom stereocenters. The summed E-state index contributed by atoms with van der Waals surface area (Å²) >= 11 is -1.03. The molecular formula is C21H35Cl6K2N3O4Pt2. The second-order valence-electron chi connectivity index (χ2n) is 7.57. The first-order valence-corrected chi connectivity index (χ1v) is 44.7. The molecule has 0 bridgehead atoms. The van der Waals surface area contributed by atoms with Crippen molar-refractivity contribution >= 4 is 120 Å². The number of hydrogen-bond donors (Lipinski definition) is 0. The third-order valence-electron chi connectivity index (χ3n) is 5.16. The number of rotatable bonds is 3. The van der Waals surface area contributed by atoms with Crippen LogP contribution < -0.4 is 0 Å². The molecule has 0 atom stereocenters. The molecule has 17 heteroatoms. The molecule has 222 valence electrons. The Balaban J connectivity index is -0.000000193. The van der Waals surface area contributed by atoms with E-state index in [2.05, 4.69) is 18.2 Å². The maximum atomic E-state index is 8.33. The Morgan fingerprint density at radius 3 is 0.895 bits per heavy atom. The number of halogens is 6. The van der Waals surface area contributed by atoms with E-state index in [1.807, 2.05) is 0 Å². The van der Waals surface area contributed by atoms with Crippen LogP contribution in [0.4, 0.5) is 0 Å². The Bertz CT molecular complexity index is 534. The normalized spacial score (nSPS) is 17.9. The van der Waals surface area contributed by atoms with E-state index in [1.165, 1.54) is 63.2 Å². The van der Waals surface area contributed by atoms with Crippen LogP contribution >= 0.6 is 56.5 Å². The summed E-state index contributed by atoms with van der Waals surface area (Å²) in [6.45, 7) is 5.12. The molecule has 3 aliphatic heterocycles. The van der Waals surface area contributed by atoms with Crippen LogP contribution in [0.15, 0.2) is 0 Å². The molecule has 3 saturated heterocycles. The van der Waals surface area contributed by atoms with Gasteiger partial charge in [0.1, 0.15) is 0 Å². The van der Waals surface area contributed by atoms with Crippen molar-refractivity contribution in [1.82, 2.24) is 0 Å². The Labute approximate surface area is 309 Å². The molecule has 0 aromatic heterocycles. The zero-order chi connectivity index (χ0) is 28.8. The van der Waals surface area contributed by atoms with Gasteiger partial charge in [-0.15, -0.1) is 0 Å². The summed E-state index contributed by atoms with van der Waals surface area (Å²) in [7, 11) is 29.8. The van der Waals surface area contributed by atoms with Gasteiger partial charge in [0.2, 0.25) is 0 Å². The van der Waals surface area contributed by atoms with Crippen molar-refractivity contribution in [3.63, 3.8) is 0 Å². The molecule has 38 heavy (non-hydrogen) atoms. The van der Waals surface area contributed by atoms with Crippen LogP contribution in [0.1, 0.15) is 57.8 Å². The van der Waals surface area contributed by atoms with Crippen molar-refractivity contribution in [2.45, 2.75) is 57.8 Å². The third kappa shape index (κ3) is 45.1. The van der Waals surface area contributed by atoms with E-state index in [9.17, 15) is 0 Å². The molecule has 0 radical (unpaired) electrons. The van der Waals surface area contributed by atoms with Gasteiger partial charge in [-0.25, -0.2) is 0 Å². The van der Waals surface area contributed by atoms with E-state index in [4.69, 9.17) is 86.5 Å². The van der Waals surface area contributed by atoms with Gasteiger partial charge in [0.05, 0.1) is 18.2 Å². The number of ether oxygens (including phenoxy) is 3. The molecule has 3 heterocycles. The molecule has 0 aromatic rings. The fraction of sp³-hybridized carbons (Fsp3) is 0.857. The first-order valence-electron chi connectivity index (χ1n) is 11.9. The first-order chi connectivity index (χ1) is 17.7. The first kappa shape index (κ1) is 49.6. The fourth-order valence-corrected chi connectivity index (χ4v) is 3.24.